The average molecular weight is 428 g/mol. The SMILES string of the molecule is [N-]=[N+]=NCC(NNC1=Nc2ccccc2NC12CCSCC2)c1cccc(Cl)c1. The van der Waals surface area contributed by atoms with Gasteiger partial charge in [0.25, 0.3) is 0 Å². The summed E-state index contributed by atoms with van der Waals surface area (Å²) in [4.78, 5) is 7.84. The highest BCUT2D eigenvalue weighted by Gasteiger charge is 2.40. The summed E-state index contributed by atoms with van der Waals surface area (Å²) in [5.41, 5.74) is 18.1. The van der Waals surface area contributed by atoms with Crippen LogP contribution >= 0.6 is 23.4 Å². The van der Waals surface area contributed by atoms with E-state index in [0.717, 1.165) is 47.1 Å². The molecule has 1 spiro atoms. The quantitative estimate of drug-likeness (QED) is 0.264. The van der Waals surface area contributed by atoms with Crippen molar-refractivity contribution in [1.29, 1.82) is 0 Å². The van der Waals surface area contributed by atoms with Crippen LogP contribution in [0.15, 0.2) is 58.6 Å². The van der Waals surface area contributed by atoms with Gasteiger partial charge in [0.2, 0.25) is 0 Å². The van der Waals surface area contributed by atoms with Gasteiger partial charge in [-0.25, -0.2) is 10.4 Å². The molecule has 9 heteroatoms. The minimum absolute atomic E-state index is 0.232. The van der Waals surface area contributed by atoms with Gasteiger partial charge in [-0.3, -0.25) is 0 Å². The van der Waals surface area contributed by atoms with Gasteiger partial charge in [0.05, 0.1) is 23.0 Å². The summed E-state index contributed by atoms with van der Waals surface area (Å²) in [5.74, 6) is 3.02. The summed E-state index contributed by atoms with van der Waals surface area (Å²) in [6, 6.07) is 15.4. The number of hydrazine groups is 1. The van der Waals surface area contributed by atoms with Crippen molar-refractivity contribution in [3.63, 3.8) is 0 Å². The molecular formula is C20H22ClN7S. The van der Waals surface area contributed by atoms with E-state index in [-0.39, 0.29) is 18.1 Å². The van der Waals surface area contributed by atoms with E-state index in [1.807, 2.05) is 54.2 Å². The lowest BCUT2D eigenvalue weighted by Gasteiger charge is -2.42. The third-order valence-corrected chi connectivity index (χ3v) is 6.47. The maximum absolute atomic E-state index is 8.79. The van der Waals surface area contributed by atoms with Crippen LogP contribution in [0.1, 0.15) is 24.4 Å². The van der Waals surface area contributed by atoms with Gasteiger partial charge in [-0.05, 0) is 59.7 Å². The number of hydrogen-bond donors (Lipinski definition) is 3. The molecule has 0 amide bonds. The summed E-state index contributed by atoms with van der Waals surface area (Å²) in [6.07, 6.45) is 1.97. The van der Waals surface area contributed by atoms with Crippen LogP contribution in [-0.2, 0) is 0 Å². The fourth-order valence-electron chi connectivity index (χ4n) is 3.68. The first kappa shape index (κ1) is 19.9. The molecule has 2 aliphatic heterocycles. The monoisotopic (exact) mass is 427 g/mol. The van der Waals surface area contributed by atoms with Crippen molar-refractivity contribution in [2.24, 2.45) is 10.1 Å². The lowest BCUT2D eigenvalue weighted by Crippen LogP contribution is -2.59. The predicted molar refractivity (Wildman–Crippen MR) is 121 cm³/mol. The summed E-state index contributed by atoms with van der Waals surface area (Å²) < 4.78 is 0. The molecule has 0 aromatic heterocycles. The molecule has 29 heavy (non-hydrogen) atoms. The fourth-order valence-corrected chi connectivity index (χ4v) is 5.07. The lowest BCUT2D eigenvalue weighted by molar-refractivity contribution is 0.475. The van der Waals surface area contributed by atoms with Crippen molar-refractivity contribution in [3.05, 3.63) is 69.6 Å². The van der Waals surface area contributed by atoms with E-state index in [0.29, 0.717) is 5.02 Å². The molecule has 1 unspecified atom stereocenters. The van der Waals surface area contributed by atoms with E-state index in [4.69, 9.17) is 22.1 Å². The van der Waals surface area contributed by atoms with Crippen LogP contribution in [0, 0.1) is 0 Å². The third kappa shape index (κ3) is 4.46. The zero-order valence-electron chi connectivity index (χ0n) is 15.8. The molecule has 2 heterocycles. The minimum Gasteiger partial charge on any atom is -0.371 e. The lowest BCUT2D eigenvalue weighted by atomic mass is 9.88. The molecule has 0 saturated carbocycles. The second kappa shape index (κ2) is 8.97. The van der Waals surface area contributed by atoms with Crippen LogP contribution in [0.3, 0.4) is 0 Å². The van der Waals surface area contributed by atoms with E-state index >= 15 is 0 Å². The van der Waals surface area contributed by atoms with Crippen molar-refractivity contribution in [3.8, 4) is 0 Å². The predicted octanol–water partition coefficient (Wildman–Crippen LogP) is 5.21. The molecular weight excluding hydrogens is 406 g/mol. The molecule has 0 radical (unpaired) electrons. The van der Waals surface area contributed by atoms with Gasteiger partial charge in [-0.15, -0.1) is 0 Å². The Hall–Kier alpha value is -2.38. The Bertz CT molecular complexity index is 951. The van der Waals surface area contributed by atoms with Gasteiger partial charge < -0.3 is 10.7 Å². The smallest absolute Gasteiger partial charge is 0.142 e. The number of benzene rings is 2. The number of nitrogens with one attached hydrogen (secondary N) is 3. The van der Waals surface area contributed by atoms with Gasteiger partial charge in [0.1, 0.15) is 5.84 Å². The van der Waals surface area contributed by atoms with Crippen LogP contribution in [0.25, 0.3) is 10.4 Å². The Balaban J connectivity index is 1.60. The zero-order valence-corrected chi connectivity index (χ0v) is 17.4. The fraction of sp³-hybridized carbons (Fsp3) is 0.350. The molecule has 7 nitrogen and oxygen atoms in total. The summed E-state index contributed by atoms with van der Waals surface area (Å²) in [5, 5.41) is 8.13. The van der Waals surface area contributed by atoms with Crippen molar-refractivity contribution in [2.45, 2.75) is 24.4 Å². The number of halogens is 1. The van der Waals surface area contributed by atoms with E-state index < -0.39 is 0 Å². The van der Waals surface area contributed by atoms with Gasteiger partial charge in [-0.1, -0.05) is 41.0 Å². The molecule has 1 atom stereocenters. The molecule has 2 aliphatic rings. The van der Waals surface area contributed by atoms with E-state index in [2.05, 4.69) is 32.3 Å². The molecule has 3 N–H and O–H groups in total. The number of rotatable bonds is 5. The molecule has 150 valence electrons. The van der Waals surface area contributed by atoms with Gasteiger partial charge in [0.15, 0.2) is 0 Å². The molecule has 2 aromatic rings. The molecule has 0 bridgehead atoms. The molecule has 0 aliphatic carbocycles. The van der Waals surface area contributed by atoms with Crippen molar-refractivity contribution >= 4 is 40.6 Å². The first-order valence-electron chi connectivity index (χ1n) is 9.52. The topological polar surface area (TPSA) is 97.2 Å². The summed E-state index contributed by atoms with van der Waals surface area (Å²) in [6.45, 7) is 0.254. The first-order valence-corrected chi connectivity index (χ1v) is 11.1. The van der Waals surface area contributed by atoms with Crippen LogP contribution in [0.5, 0.6) is 0 Å². The van der Waals surface area contributed by atoms with Gasteiger partial charge >= 0.3 is 0 Å². The highest BCUT2D eigenvalue weighted by atomic mass is 35.5. The van der Waals surface area contributed by atoms with Gasteiger partial charge in [-0.2, -0.15) is 11.8 Å². The normalized spacial score (nSPS) is 18.0. The Morgan fingerprint density at radius 3 is 2.86 bits per heavy atom. The standard InChI is InChI=1S/C20H22ClN7S/c21-15-5-3-4-14(12-15)18(13-23-28-22)26-27-19-20(8-10-29-11-9-20)25-17-7-2-1-6-16(17)24-19/h1-7,12,18,25-26H,8-11,13H2,(H,24,27). The number of aliphatic imine (C=N–C) groups is 1. The number of para-hydroxylation sites is 2. The number of amidine groups is 1. The number of azide groups is 1. The van der Waals surface area contributed by atoms with Crippen LogP contribution in [0.4, 0.5) is 11.4 Å². The molecule has 2 aromatic carbocycles. The van der Waals surface area contributed by atoms with Gasteiger partial charge in [0, 0.05) is 16.5 Å². The highest BCUT2D eigenvalue weighted by molar-refractivity contribution is 7.99. The Morgan fingerprint density at radius 2 is 2.07 bits per heavy atom. The maximum atomic E-state index is 8.79. The van der Waals surface area contributed by atoms with Crippen LogP contribution < -0.4 is 16.2 Å². The average Bonchev–Trinajstić information content (AvgIpc) is 2.74. The number of fused-ring (bicyclic) bond motifs is 1. The zero-order chi connectivity index (χ0) is 20.1. The highest BCUT2D eigenvalue weighted by Crippen LogP contribution is 2.39. The second-order valence-corrected chi connectivity index (χ2v) is 8.75. The summed E-state index contributed by atoms with van der Waals surface area (Å²) >= 11 is 8.12. The van der Waals surface area contributed by atoms with E-state index in [9.17, 15) is 0 Å². The van der Waals surface area contributed by atoms with E-state index in [1.54, 1.807) is 0 Å². The molecule has 1 saturated heterocycles. The number of anilines is 1. The van der Waals surface area contributed by atoms with Crippen LogP contribution in [-0.4, -0.2) is 29.4 Å². The van der Waals surface area contributed by atoms with Crippen molar-refractivity contribution < 1.29 is 0 Å². The van der Waals surface area contributed by atoms with Crippen molar-refractivity contribution in [2.75, 3.05) is 23.4 Å². The largest absolute Gasteiger partial charge is 0.371 e. The van der Waals surface area contributed by atoms with Crippen LogP contribution in [0.2, 0.25) is 5.02 Å². The Labute approximate surface area is 178 Å². The van der Waals surface area contributed by atoms with E-state index in [1.165, 1.54) is 0 Å². The first-order chi connectivity index (χ1) is 14.2. The summed E-state index contributed by atoms with van der Waals surface area (Å²) in [7, 11) is 0. The Morgan fingerprint density at radius 1 is 1.24 bits per heavy atom. The minimum atomic E-state index is -0.237. The number of hydrogen-bond acceptors (Lipinski definition) is 6. The maximum Gasteiger partial charge on any atom is 0.142 e. The van der Waals surface area contributed by atoms with Crippen molar-refractivity contribution in [1.82, 2.24) is 10.9 Å². The third-order valence-electron chi connectivity index (χ3n) is 5.25. The molecule has 4 rings (SSSR count). The number of thioether (sulfide) groups is 1. The molecule has 1 fully saturated rings. The Kier molecular flexibility index (Phi) is 6.16. The number of nitrogens with zero attached hydrogens (tertiary/aromatic N) is 4. The second-order valence-electron chi connectivity index (χ2n) is 7.09.